The fraction of sp³-hybridized carbons (Fsp3) is 0.778. The Labute approximate surface area is 138 Å². The summed E-state index contributed by atoms with van der Waals surface area (Å²) in [6.45, 7) is 4.03. The topological polar surface area (TPSA) is 75.6 Å². The Bertz CT molecular complexity index is 456. The van der Waals surface area contributed by atoms with Crippen LogP contribution in [0, 0.1) is 11.8 Å². The predicted octanol–water partition coefficient (Wildman–Crippen LogP) is 3.88. The summed E-state index contributed by atoms with van der Waals surface area (Å²) in [4.78, 5) is 23.7. The van der Waals surface area contributed by atoms with Crippen molar-refractivity contribution in [3.63, 3.8) is 0 Å². The third kappa shape index (κ3) is 4.49. The summed E-state index contributed by atoms with van der Waals surface area (Å²) in [7, 11) is 0. The zero-order chi connectivity index (χ0) is 16.9. The first-order chi connectivity index (χ1) is 11.0. The molecule has 2 fully saturated rings. The number of aliphatic carboxylic acids is 1. The van der Waals surface area contributed by atoms with Crippen LogP contribution in [0.4, 0.5) is 4.79 Å². The van der Waals surface area contributed by atoms with Gasteiger partial charge in [0.15, 0.2) is 0 Å². The fourth-order valence-corrected chi connectivity index (χ4v) is 3.93. The Balaban J connectivity index is 1.96. The van der Waals surface area contributed by atoms with Crippen molar-refractivity contribution >= 4 is 12.1 Å². The Morgan fingerprint density at radius 1 is 1.30 bits per heavy atom. The molecule has 0 aromatic heterocycles. The molecule has 0 spiro atoms. The minimum absolute atomic E-state index is 0.0206. The molecule has 0 aliphatic heterocycles. The van der Waals surface area contributed by atoms with Crippen molar-refractivity contribution in [3.05, 3.63) is 12.2 Å². The van der Waals surface area contributed by atoms with E-state index in [9.17, 15) is 14.7 Å². The average Bonchev–Trinajstić information content (AvgIpc) is 3.12. The summed E-state index contributed by atoms with van der Waals surface area (Å²) in [5, 5.41) is 12.0. The molecule has 3 atom stereocenters. The fourth-order valence-electron chi connectivity index (χ4n) is 3.93. The molecule has 5 nitrogen and oxygen atoms in total. The van der Waals surface area contributed by atoms with Crippen molar-refractivity contribution in [1.29, 1.82) is 0 Å². The highest BCUT2D eigenvalue weighted by Gasteiger charge is 2.42. The molecule has 2 aliphatic carbocycles. The van der Waals surface area contributed by atoms with Crippen LogP contribution in [0.25, 0.3) is 0 Å². The van der Waals surface area contributed by atoms with Gasteiger partial charge in [0.1, 0.15) is 11.6 Å². The molecule has 0 radical (unpaired) electrons. The third-order valence-electron chi connectivity index (χ3n) is 5.31. The number of allylic oxidation sites excluding steroid dienone is 1. The van der Waals surface area contributed by atoms with Crippen molar-refractivity contribution in [2.75, 3.05) is 0 Å². The molecular weight excluding hydrogens is 294 g/mol. The number of rotatable bonds is 6. The first-order valence-electron chi connectivity index (χ1n) is 8.85. The maximum absolute atomic E-state index is 12.3. The first-order valence-corrected chi connectivity index (χ1v) is 8.85. The zero-order valence-corrected chi connectivity index (χ0v) is 14.2. The predicted molar refractivity (Wildman–Crippen MR) is 88.2 cm³/mol. The molecule has 0 aromatic rings. The van der Waals surface area contributed by atoms with Crippen molar-refractivity contribution in [3.8, 4) is 0 Å². The highest BCUT2D eigenvalue weighted by molar-refractivity contribution is 5.80. The minimum atomic E-state index is -0.965. The number of carboxylic acids is 1. The van der Waals surface area contributed by atoms with E-state index in [0.717, 1.165) is 51.4 Å². The van der Waals surface area contributed by atoms with Gasteiger partial charge in [-0.1, -0.05) is 31.9 Å². The van der Waals surface area contributed by atoms with E-state index in [-0.39, 0.29) is 11.8 Å². The molecule has 1 amide bonds. The molecular formula is C18H29NO4. The number of carbonyl (C=O) groups is 2. The number of hydrogen-bond donors (Lipinski definition) is 2. The van der Waals surface area contributed by atoms with E-state index in [1.165, 1.54) is 0 Å². The van der Waals surface area contributed by atoms with E-state index in [4.69, 9.17) is 4.74 Å². The highest BCUT2D eigenvalue weighted by atomic mass is 16.6. The molecule has 130 valence electrons. The van der Waals surface area contributed by atoms with Gasteiger partial charge in [-0.15, -0.1) is 0 Å². The number of alkyl carbamates (subject to hydrolysis) is 1. The molecule has 0 aromatic carbocycles. The van der Waals surface area contributed by atoms with Gasteiger partial charge in [0, 0.05) is 5.92 Å². The van der Waals surface area contributed by atoms with E-state index >= 15 is 0 Å². The summed E-state index contributed by atoms with van der Waals surface area (Å²) in [6.07, 6.45) is 11.2. The van der Waals surface area contributed by atoms with Crippen LogP contribution in [-0.4, -0.2) is 28.8 Å². The van der Waals surface area contributed by atoms with Gasteiger partial charge in [-0.05, 0) is 51.4 Å². The summed E-state index contributed by atoms with van der Waals surface area (Å²) in [5.41, 5.74) is -0.533. The van der Waals surface area contributed by atoms with Crippen LogP contribution in [0.1, 0.15) is 65.2 Å². The van der Waals surface area contributed by atoms with E-state index in [2.05, 4.69) is 24.4 Å². The Morgan fingerprint density at radius 3 is 2.61 bits per heavy atom. The largest absolute Gasteiger partial charge is 0.480 e. The van der Waals surface area contributed by atoms with Crippen LogP contribution in [0.15, 0.2) is 12.2 Å². The summed E-state index contributed by atoms with van der Waals surface area (Å²) < 4.78 is 5.68. The van der Waals surface area contributed by atoms with Crippen molar-refractivity contribution in [1.82, 2.24) is 5.32 Å². The van der Waals surface area contributed by atoms with E-state index in [0.29, 0.717) is 0 Å². The quantitative estimate of drug-likeness (QED) is 0.727. The highest BCUT2D eigenvalue weighted by Crippen LogP contribution is 2.39. The van der Waals surface area contributed by atoms with E-state index < -0.39 is 23.7 Å². The zero-order valence-electron chi connectivity index (χ0n) is 14.2. The van der Waals surface area contributed by atoms with E-state index in [1.807, 2.05) is 6.92 Å². The number of amides is 1. The number of nitrogens with one attached hydrogen (secondary N) is 1. The van der Waals surface area contributed by atoms with Gasteiger partial charge >= 0.3 is 12.1 Å². The molecule has 0 heterocycles. The van der Waals surface area contributed by atoms with Crippen molar-refractivity contribution < 1.29 is 19.4 Å². The number of hydrogen-bond acceptors (Lipinski definition) is 3. The lowest BCUT2D eigenvalue weighted by atomic mass is 9.92. The Morgan fingerprint density at radius 2 is 2.00 bits per heavy atom. The van der Waals surface area contributed by atoms with Crippen LogP contribution in [-0.2, 0) is 9.53 Å². The lowest BCUT2D eigenvalue weighted by molar-refractivity contribution is -0.141. The maximum atomic E-state index is 12.3. The smallest absolute Gasteiger partial charge is 0.408 e. The molecule has 5 heteroatoms. The molecule has 2 saturated carbocycles. The van der Waals surface area contributed by atoms with Crippen LogP contribution in [0.3, 0.4) is 0 Å². The van der Waals surface area contributed by atoms with Gasteiger partial charge in [-0.25, -0.2) is 9.59 Å². The second-order valence-electron chi connectivity index (χ2n) is 7.04. The molecule has 0 unspecified atom stereocenters. The van der Waals surface area contributed by atoms with Crippen molar-refractivity contribution in [2.45, 2.75) is 76.9 Å². The molecule has 2 aliphatic rings. The van der Waals surface area contributed by atoms with Crippen LogP contribution >= 0.6 is 0 Å². The molecule has 0 saturated heterocycles. The average molecular weight is 323 g/mol. The van der Waals surface area contributed by atoms with Gasteiger partial charge in [0.05, 0.1) is 0 Å². The Hall–Kier alpha value is -1.52. The normalized spacial score (nSPS) is 29.7. The minimum Gasteiger partial charge on any atom is -0.480 e. The molecule has 2 N–H and O–H groups in total. The maximum Gasteiger partial charge on any atom is 0.408 e. The van der Waals surface area contributed by atoms with Gasteiger partial charge in [-0.2, -0.15) is 0 Å². The van der Waals surface area contributed by atoms with Crippen LogP contribution < -0.4 is 5.32 Å². The molecule has 23 heavy (non-hydrogen) atoms. The summed E-state index contributed by atoms with van der Waals surface area (Å²) in [5.74, 6) is -0.733. The van der Waals surface area contributed by atoms with Crippen LogP contribution in [0.2, 0.25) is 0 Å². The number of ether oxygens (including phenoxy) is 1. The molecule has 0 bridgehead atoms. The van der Waals surface area contributed by atoms with Gasteiger partial charge in [0.25, 0.3) is 0 Å². The third-order valence-corrected chi connectivity index (χ3v) is 5.31. The number of carbonyl (C=O) groups excluding carboxylic acids is 1. The van der Waals surface area contributed by atoms with Crippen molar-refractivity contribution in [2.24, 2.45) is 11.8 Å². The lowest BCUT2D eigenvalue weighted by Gasteiger charge is -2.31. The monoisotopic (exact) mass is 323 g/mol. The lowest BCUT2D eigenvalue weighted by Crippen LogP contribution is -2.48. The van der Waals surface area contributed by atoms with Gasteiger partial charge in [0.2, 0.25) is 0 Å². The second-order valence-corrected chi connectivity index (χ2v) is 7.04. The standard InChI is InChI=1S/C18H29NO4/c1-3-4-10-14-11-7-12-18(14,2)23-17(22)19-15(16(20)21)13-8-5-6-9-13/h4,10,13-15H,3,5-9,11-12H2,1-2H3,(H,19,22)(H,20,21)/t14-,15-,18-/m0/s1. The summed E-state index contributed by atoms with van der Waals surface area (Å²) in [6, 6.07) is -0.834. The Kier molecular flexibility index (Phi) is 6.08. The van der Waals surface area contributed by atoms with Gasteiger partial charge < -0.3 is 15.2 Å². The molecule has 2 rings (SSSR count). The van der Waals surface area contributed by atoms with Gasteiger partial charge in [-0.3, -0.25) is 0 Å². The summed E-state index contributed by atoms with van der Waals surface area (Å²) >= 11 is 0. The SMILES string of the molecule is CCC=C[C@H]1CCC[C@]1(C)OC(=O)N[C@H](C(=O)O)C1CCCC1. The number of carboxylic acid groups (broad SMARTS) is 1. The van der Waals surface area contributed by atoms with Crippen LogP contribution in [0.5, 0.6) is 0 Å². The van der Waals surface area contributed by atoms with E-state index in [1.54, 1.807) is 0 Å². The second kappa shape index (κ2) is 7.84. The first kappa shape index (κ1) is 17.8.